The smallest absolute Gasteiger partial charge is 0.338 e. The second-order valence-electron chi connectivity index (χ2n) is 5.37. The van der Waals surface area contributed by atoms with E-state index < -0.39 is 0 Å². The number of epoxide rings is 1. The van der Waals surface area contributed by atoms with Crippen LogP contribution in [0.4, 0.5) is 0 Å². The van der Waals surface area contributed by atoms with Gasteiger partial charge in [0.2, 0.25) is 0 Å². The first kappa shape index (κ1) is 15.0. The van der Waals surface area contributed by atoms with Crippen LogP contribution in [0.1, 0.15) is 55.3 Å². The Balaban J connectivity index is 1.40. The van der Waals surface area contributed by atoms with E-state index in [2.05, 4.69) is 0 Å². The number of rotatable bonds is 10. The Morgan fingerprint density at radius 2 is 1.70 bits per heavy atom. The maximum absolute atomic E-state index is 11.7. The van der Waals surface area contributed by atoms with Crippen LogP contribution in [0.5, 0.6) is 0 Å². The van der Waals surface area contributed by atoms with Crippen molar-refractivity contribution >= 4 is 5.97 Å². The third-order valence-corrected chi connectivity index (χ3v) is 3.57. The molecule has 0 bridgehead atoms. The first-order chi connectivity index (χ1) is 9.86. The molecule has 1 aromatic carbocycles. The largest absolute Gasteiger partial charge is 0.462 e. The first-order valence-corrected chi connectivity index (χ1v) is 7.70. The standard InChI is InChI=1S/C17H24O3/c18-17(15-10-6-5-7-11-15)19-13-9-4-2-1-3-8-12-16-14-20-16/h5-7,10-11,16H,1-4,8-9,12-14H2. The zero-order chi connectivity index (χ0) is 14.0. The van der Waals surface area contributed by atoms with Crippen molar-refractivity contribution in [3.63, 3.8) is 0 Å². The topological polar surface area (TPSA) is 38.8 Å². The molecule has 0 radical (unpaired) electrons. The summed E-state index contributed by atoms with van der Waals surface area (Å²) < 4.78 is 10.4. The second kappa shape index (κ2) is 8.75. The molecule has 3 heteroatoms. The van der Waals surface area contributed by atoms with E-state index in [4.69, 9.17) is 9.47 Å². The predicted octanol–water partition coefficient (Wildman–Crippen LogP) is 3.97. The van der Waals surface area contributed by atoms with Gasteiger partial charge >= 0.3 is 5.97 Å². The summed E-state index contributed by atoms with van der Waals surface area (Å²) in [6, 6.07) is 9.16. The minimum Gasteiger partial charge on any atom is -0.462 e. The van der Waals surface area contributed by atoms with Gasteiger partial charge in [-0.25, -0.2) is 4.79 Å². The van der Waals surface area contributed by atoms with Crippen molar-refractivity contribution in [2.45, 2.75) is 51.0 Å². The van der Waals surface area contributed by atoms with Crippen molar-refractivity contribution in [1.29, 1.82) is 0 Å². The van der Waals surface area contributed by atoms with Gasteiger partial charge in [-0.05, 0) is 25.0 Å². The molecule has 1 aliphatic heterocycles. The first-order valence-electron chi connectivity index (χ1n) is 7.70. The molecule has 0 N–H and O–H groups in total. The van der Waals surface area contributed by atoms with Crippen LogP contribution < -0.4 is 0 Å². The number of benzene rings is 1. The highest BCUT2D eigenvalue weighted by Crippen LogP contribution is 2.18. The SMILES string of the molecule is O=C(OCCCCCCCCC1CO1)c1ccccc1. The fraction of sp³-hybridized carbons (Fsp3) is 0.588. The van der Waals surface area contributed by atoms with Crippen molar-refractivity contribution in [3.8, 4) is 0 Å². The Morgan fingerprint density at radius 1 is 1.05 bits per heavy atom. The minimum absolute atomic E-state index is 0.213. The Hall–Kier alpha value is -1.35. The average molecular weight is 276 g/mol. The van der Waals surface area contributed by atoms with Crippen LogP contribution in [0, 0.1) is 0 Å². The molecule has 0 spiro atoms. The predicted molar refractivity (Wildman–Crippen MR) is 78.8 cm³/mol. The third-order valence-electron chi connectivity index (χ3n) is 3.57. The summed E-state index contributed by atoms with van der Waals surface area (Å²) in [5.41, 5.74) is 0.634. The molecule has 0 aromatic heterocycles. The summed E-state index contributed by atoms with van der Waals surface area (Å²) in [6.45, 7) is 1.51. The number of carbonyl (C=O) groups excluding carboxylic acids is 1. The van der Waals surface area contributed by atoms with Crippen molar-refractivity contribution in [3.05, 3.63) is 35.9 Å². The lowest BCUT2D eigenvalue weighted by atomic mass is 10.1. The summed E-state index contributed by atoms with van der Waals surface area (Å²) in [5.74, 6) is -0.213. The van der Waals surface area contributed by atoms with Crippen LogP contribution in [-0.4, -0.2) is 25.3 Å². The lowest BCUT2D eigenvalue weighted by Crippen LogP contribution is -2.06. The zero-order valence-electron chi connectivity index (χ0n) is 12.1. The molecule has 0 amide bonds. The molecule has 1 aromatic rings. The van der Waals surface area contributed by atoms with Gasteiger partial charge in [0.1, 0.15) is 0 Å². The van der Waals surface area contributed by atoms with Crippen molar-refractivity contribution in [1.82, 2.24) is 0 Å². The third kappa shape index (κ3) is 6.20. The number of carbonyl (C=O) groups is 1. The average Bonchev–Trinajstić information content (AvgIpc) is 3.30. The van der Waals surface area contributed by atoms with Crippen molar-refractivity contribution < 1.29 is 14.3 Å². The summed E-state index contributed by atoms with van der Waals surface area (Å²) in [5, 5.41) is 0. The van der Waals surface area contributed by atoms with Crippen LogP contribution in [0.2, 0.25) is 0 Å². The van der Waals surface area contributed by atoms with Crippen LogP contribution >= 0.6 is 0 Å². The molecule has 2 rings (SSSR count). The van der Waals surface area contributed by atoms with Gasteiger partial charge < -0.3 is 9.47 Å². The lowest BCUT2D eigenvalue weighted by Gasteiger charge is -2.04. The Bertz CT molecular complexity index is 384. The maximum atomic E-state index is 11.7. The highest BCUT2D eigenvalue weighted by atomic mass is 16.6. The summed E-state index contributed by atoms with van der Waals surface area (Å²) in [6.07, 6.45) is 9.00. The van der Waals surface area contributed by atoms with Gasteiger partial charge in [-0.15, -0.1) is 0 Å². The summed E-state index contributed by atoms with van der Waals surface area (Å²) >= 11 is 0. The van der Waals surface area contributed by atoms with Gasteiger partial charge in [-0.2, -0.15) is 0 Å². The van der Waals surface area contributed by atoms with Gasteiger partial charge in [0.15, 0.2) is 0 Å². The van der Waals surface area contributed by atoms with E-state index in [1.807, 2.05) is 18.2 Å². The number of esters is 1. The van der Waals surface area contributed by atoms with E-state index in [1.54, 1.807) is 12.1 Å². The zero-order valence-corrected chi connectivity index (χ0v) is 12.1. The molecule has 1 saturated heterocycles. The fourth-order valence-corrected chi connectivity index (χ4v) is 2.24. The highest BCUT2D eigenvalue weighted by molar-refractivity contribution is 5.89. The van der Waals surface area contributed by atoms with E-state index in [9.17, 15) is 4.79 Å². The molecule has 1 atom stereocenters. The van der Waals surface area contributed by atoms with E-state index in [0.717, 1.165) is 19.4 Å². The molecular formula is C17H24O3. The molecule has 3 nitrogen and oxygen atoms in total. The minimum atomic E-state index is -0.213. The van der Waals surface area contributed by atoms with Crippen molar-refractivity contribution in [2.75, 3.05) is 13.2 Å². The van der Waals surface area contributed by atoms with E-state index in [1.165, 1.54) is 32.1 Å². The summed E-state index contributed by atoms with van der Waals surface area (Å²) in [4.78, 5) is 11.7. The van der Waals surface area contributed by atoms with Gasteiger partial charge in [-0.1, -0.05) is 50.3 Å². The number of unbranched alkanes of at least 4 members (excludes halogenated alkanes) is 5. The Kier molecular flexibility index (Phi) is 6.58. The lowest BCUT2D eigenvalue weighted by molar-refractivity contribution is 0.0497. The monoisotopic (exact) mass is 276 g/mol. The van der Waals surface area contributed by atoms with Crippen LogP contribution in [0.25, 0.3) is 0 Å². The Morgan fingerprint density at radius 3 is 2.40 bits per heavy atom. The van der Waals surface area contributed by atoms with Crippen LogP contribution in [0.15, 0.2) is 30.3 Å². The molecular weight excluding hydrogens is 252 g/mol. The van der Waals surface area contributed by atoms with Gasteiger partial charge in [0.25, 0.3) is 0 Å². The molecule has 1 fully saturated rings. The van der Waals surface area contributed by atoms with Crippen LogP contribution in [-0.2, 0) is 9.47 Å². The van der Waals surface area contributed by atoms with Crippen molar-refractivity contribution in [2.24, 2.45) is 0 Å². The molecule has 20 heavy (non-hydrogen) atoms. The molecule has 0 aliphatic carbocycles. The van der Waals surface area contributed by atoms with Gasteiger partial charge in [0, 0.05) is 0 Å². The van der Waals surface area contributed by atoms with Gasteiger partial charge in [-0.3, -0.25) is 0 Å². The van der Waals surface area contributed by atoms with E-state index in [-0.39, 0.29) is 5.97 Å². The maximum Gasteiger partial charge on any atom is 0.338 e. The summed E-state index contributed by atoms with van der Waals surface area (Å²) in [7, 11) is 0. The van der Waals surface area contributed by atoms with E-state index in [0.29, 0.717) is 18.3 Å². The molecule has 1 unspecified atom stereocenters. The quantitative estimate of drug-likeness (QED) is 0.369. The normalized spacial score (nSPS) is 16.9. The van der Waals surface area contributed by atoms with Gasteiger partial charge in [0.05, 0.1) is 24.9 Å². The molecule has 1 heterocycles. The van der Waals surface area contributed by atoms with Crippen LogP contribution in [0.3, 0.4) is 0 Å². The number of ether oxygens (including phenoxy) is 2. The highest BCUT2D eigenvalue weighted by Gasteiger charge is 2.20. The fourth-order valence-electron chi connectivity index (χ4n) is 2.24. The van der Waals surface area contributed by atoms with E-state index >= 15 is 0 Å². The molecule has 0 saturated carbocycles. The molecule has 1 aliphatic rings. The Labute approximate surface area is 121 Å². The number of hydrogen-bond acceptors (Lipinski definition) is 3. The number of hydrogen-bond donors (Lipinski definition) is 0. The molecule has 110 valence electrons. The second-order valence-corrected chi connectivity index (χ2v) is 5.37.